The van der Waals surface area contributed by atoms with Crippen LogP contribution in [-0.2, 0) is 0 Å². The number of ketones is 1. The van der Waals surface area contributed by atoms with Gasteiger partial charge >= 0.3 is 0 Å². The maximum atomic E-state index is 12.1. The molecule has 0 N–H and O–H groups in total. The van der Waals surface area contributed by atoms with E-state index in [1.165, 1.54) is 5.56 Å². The Labute approximate surface area is 114 Å². The number of aryl methyl sites for hydroxylation is 2. The summed E-state index contributed by atoms with van der Waals surface area (Å²) in [5.41, 5.74) is 5.20. The van der Waals surface area contributed by atoms with Gasteiger partial charge in [-0.05, 0) is 38.0 Å². The number of allylic oxidation sites excluding steroid dienone is 2. The molecule has 0 saturated heterocycles. The Kier molecular flexibility index (Phi) is 3.96. The van der Waals surface area contributed by atoms with Crippen LogP contribution in [0.15, 0.2) is 54.6 Å². The van der Waals surface area contributed by atoms with Gasteiger partial charge in [0.05, 0.1) is 0 Å². The number of hydrogen-bond donors (Lipinski definition) is 0. The van der Waals surface area contributed by atoms with Gasteiger partial charge in [-0.3, -0.25) is 4.79 Å². The Morgan fingerprint density at radius 1 is 0.789 bits per heavy atom. The van der Waals surface area contributed by atoms with Crippen LogP contribution >= 0.6 is 0 Å². The van der Waals surface area contributed by atoms with Crippen molar-refractivity contribution >= 4 is 11.4 Å². The van der Waals surface area contributed by atoms with E-state index in [0.717, 1.165) is 22.3 Å². The molecule has 0 radical (unpaired) electrons. The second kappa shape index (κ2) is 5.66. The number of benzene rings is 2. The molecule has 0 amide bonds. The van der Waals surface area contributed by atoms with Crippen LogP contribution in [0.3, 0.4) is 0 Å². The van der Waals surface area contributed by atoms with Gasteiger partial charge in [0.2, 0.25) is 0 Å². The summed E-state index contributed by atoms with van der Waals surface area (Å²) < 4.78 is 0. The molecule has 96 valence electrons. The van der Waals surface area contributed by atoms with E-state index in [1.807, 2.05) is 50.2 Å². The molecule has 0 spiro atoms. The van der Waals surface area contributed by atoms with E-state index in [2.05, 4.69) is 19.1 Å². The maximum absolute atomic E-state index is 12.1. The monoisotopic (exact) mass is 250 g/mol. The molecule has 1 heteroatoms. The zero-order valence-electron chi connectivity index (χ0n) is 11.6. The molecule has 0 aromatic heterocycles. The molecule has 1 nitrogen and oxygen atoms in total. The molecule has 19 heavy (non-hydrogen) atoms. The summed E-state index contributed by atoms with van der Waals surface area (Å²) in [5, 5.41) is 0. The van der Waals surface area contributed by atoms with E-state index in [0.29, 0.717) is 0 Å². The van der Waals surface area contributed by atoms with Crippen molar-refractivity contribution in [2.75, 3.05) is 0 Å². The predicted octanol–water partition coefficient (Wildman–Crippen LogP) is 4.59. The van der Waals surface area contributed by atoms with Crippen LogP contribution in [0, 0.1) is 13.8 Å². The average Bonchev–Trinajstić information content (AvgIpc) is 2.40. The van der Waals surface area contributed by atoms with Crippen molar-refractivity contribution in [1.82, 2.24) is 0 Å². The van der Waals surface area contributed by atoms with Gasteiger partial charge in [0.15, 0.2) is 5.78 Å². The van der Waals surface area contributed by atoms with Gasteiger partial charge in [-0.1, -0.05) is 59.7 Å². The third kappa shape index (κ3) is 3.41. The molecule has 0 aliphatic rings. The van der Waals surface area contributed by atoms with E-state index in [4.69, 9.17) is 0 Å². The van der Waals surface area contributed by atoms with Gasteiger partial charge in [0.1, 0.15) is 0 Å². The molecule has 2 rings (SSSR count). The minimum atomic E-state index is 0.0538. The van der Waals surface area contributed by atoms with Crippen LogP contribution < -0.4 is 0 Å². The average molecular weight is 250 g/mol. The normalized spacial score (nSPS) is 11.4. The first-order chi connectivity index (χ1) is 9.06. The highest BCUT2D eigenvalue weighted by atomic mass is 16.1. The first kappa shape index (κ1) is 13.3. The molecule has 0 bridgehead atoms. The van der Waals surface area contributed by atoms with Crippen molar-refractivity contribution in [2.45, 2.75) is 20.8 Å². The van der Waals surface area contributed by atoms with Crippen LogP contribution in [-0.4, -0.2) is 5.78 Å². The lowest BCUT2D eigenvalue weighted by Crippen LogP contribution is -1.95. The standard InChI is InChI=1S/C18H18O/c1-13-4-8-16(9-5-13)15(3)12-18(19)17-10-6-14(2)7-11-17/h4-12H,1-3H3/b15-12-. The van der Waals surface area contributed by atoms with Crippen molar-refractivity contribution in [2.24, 2.45) is 0 Å². The Hall–Kier alpha value is -2.15. The quantitative estimate of drug-likeness (QED) is 0.575. The van der Waals surface area contributed by atoms with Gasteiger partial charge in [0.25, 0.3) is 0 Å². The zero-order chi connectivity index (χ0) is 13.8. The number of carbonyl (C=O) groups is 1. The lowest BCUT2D eigenvalue weighted by atomic mass is 10.0. The van der Waals surface area contributed by atoms with Crippen molar-refractivity contribution in [3.63, 3.8) is 0 Å². The summed E-state index contributed by atoms with van der Waals surface area (Å²) in [6, 6.07) is 15.9. The van der Waals surface area contributed by atoms with Crippen LogP contribution in [0.5, 0.6) is 0 Å². The minimum Gasteiger partial charge on any atom is -0.289 e. The fraction of sp³-hybridized carbons (Fsp3) is 0.167. The van der Waals surface area contributed by atoms with Crippen LogP contribution in [0.4, 0.5) is 0 Å². The summed E-state index contributed by atoms with van der Waals surface area (Å²) >= 11 is 0. The Balaban J connectivity index is 2.22. The topological polar surface area (TPSA) is 17.1 Å². The lowest BCUT2D eigenvalue weighted by molar-refractivity contribution is 0.104. The highest BCUT2D eigenvalue weighted by molar-refractivity contribution is 6.08. The molecular formula is C18H18O. The van der Waals surface area contributed by atoms with Gasteiger partial charge in [0, 0.05) is 5.56 Å². The fourth-order valence-corrected chi connectivity index (χ4v) is 1.90. The molecule has 0 aliphatic heterocycles. The largest absolute Gasteiger partial charge is 0.289 e. The molecule has 0 fully saturated rings. The van der Waals surface area contributed by atoms with Crippen molar-refractivity contribution in [3.8, 4) is 0 Å². The van der Waals surface area contributed by atoms with Crippen molar-refractivity contribution < 1.29 is 4.79 Å². The summed E-state index contributed by atoms with van der Waals surface area (Å²) in [6.45, 7) is 6.04. The van der Waals surface area contributed by atoms with Crippen LogP contribution in [0.25, 0.3) is 5.57 Å². The molecule has 0 aliphatic carbocycles. The highest BCUT2D eigenvalue weighted by Crippen LogP contribution is 2.16. The van der Waals surface area contributed by atoms with Gasteiger partial charge < -0.3 is 0 Å². The van der Waals surface area contributed by atoms with Crippen molar-refractivity contribution in [3.05, 3.63) is 76.9 Å². The summed E-state index contributed by atoms with van der Waals surface area (Å²) in [4.78, 5) is 12.1. The maximum Gasteiger partial charge on any atom is 0.186 e. The predicted molar refractivity (Wildman–Crippen MR) is 80.3 cm³/mol. The second-order valence-corrected chi connectivity index (χ2v) is 4.92. The minimum absolute atomic E-state index is 0.0538. The number of rotatable bonds is 3. The highest BCUT2D eigenvalue weighted by Gasteiger charge is 2.03. The third-order valence-electron chi connectivity index (χ3n) is 3.19. The molecule has 0 atom stereocenters. The number of carbonyl (C=O) groups excluding carboxylic acids is 1. The van der Waals surface area contributed by atoms with E-state index in [9.17, 15) is 4.79 Å². The third-order valence-corrected chi connectivity index (χ3v) is 3.19. The second-order valence-electron chi connectivity index (χ2n) is 4.92. The Morgan fingerprint density at radius 3 is 1.68 bits per heavy atom. The van der Waals surface area contributed by atoms with Gasteiger partial charge in [-0.15, -0.1) is 0 Å². The van der Waals surface area contributed by atoms with Crippen molar-refractivity contribution in [1.29, 1.82) is 0 Å². The Bertz CT molecular complexity index is 601. The van der Waals surface area contributed by atoms with E-state index in [1.54, 1.807) is 6.08 Å². The first-order valence-electron chi connectivity index (χ1n) is 6.42. The zero-order valence-corrected chi connectivity index (χ0v) is 11.6. The van der Waals surface area contributed by atoms with Crippen LogP contribution in [0.1, 0.15) is 34.0 Å². The molecule has 2 aromatic carbocycles. The molecular weight excluding hydrogens is 232 g/mol. The molecule has 2 aromatic rings. The van der Waals surface area contributed by atoms with Gasteiger partial charge in [-0.2, -0.15) is 0 Å². The van der Waals surface area contributed by atoms with E-state index in [-0.39, 0.29) is 5.78 Å². The smallest absolute Gasteiger partial charge is 0.186 e. The Morgan fingerprint density at radius 2 is 1.21 bits per heavy atom. The SMILES string of the molecule is C/C(=C/C(=O)c1ccc(C)cc1)c1ccc(C)cc1. The van der Waals surface area contributed by atoms with E-state index >= 15 is 0 Å². The lowest BCUT2D eigenvalue weighted by Gasteiger charge is -2.03. The summed E-state index contributed by atoms with van der Waals surface area (Å²) in [5.74, 6) is 0.0538. The molecule has 0 saturated carbocycles. The van der Waals surface area contributed by atoms with E-state index < -0.39 is 0 Å². The first-order valence-corrected chi connectivity index (χ1v) is 6.42. The van der Waals surface area contributed by atoms with Gasteiger partial charge in [-0.25, -0.2) is 0 Å². The van der Waals surface area contributed by atoms with Crippen LogP contribution in [0.2, 0.25) is 0 Å². The molecule has 0 unspecified atom stereocenters. The number of hydrogen-bond acceptors (Lipinski definition) is 1. The summed E-state index contributed by atoms with van der Waals surface area (Å²) in [7, 11) is 0. The summed E-state index contributed by atoms with van der Waals surface area (Å²) in [6.07, 6.45) is 1.70. The fourth-order valence-electron chi connectivity index (χ4n) is 1.90. The molecule has 0 heterocycles.